The first kappa shape index (κ1) is 9.35. The molecule has 0 bridgehead atoms. The second kappa shape index (κ2) is 3.89. The summed E-state index contributed by atoms with van der Waals surface area (Å²) >= 11 is 0. The van der Waals surface area contributed by atoms with Crippen LogP contribution in [0.5, 0.6) is 0 Å². The molecule has 2 aromatic rings. The lowest BCUT2D eigenvalue weighted by Crippen LogP contribution is -2.12. The second-order valence-corrected chi connectivity index (χ2v) is 2.88. The number of rotatable bonds is 2. The van der Waals surface area contributed by atoms with E-state index in [4.69, 9.17) is 11.6 Å². The first-order chi connectivity index (χ1) is 7.31. The van der Waals surface area contributed by atoms with Crippen molar-refractivity contribution in [3.8, 4) is 11.3 Å². The van der Waals surface area contributed by atoms with Gasteiger partial charge in [-0.05, 0) is 0 Å². The lowest BCUT2D eigenvalue weighted by molar-refractivity contribution is 0.983. The summed E-state index contributed by atoms with van der Waals surface area (Å²) in [6.07, 6.45) is 0. The first-order valence-electron chi connectivity index (χ1n) is 4.33. The van der Waals surface area contributed by atoms with Crippen molar-refractivity contribution >= 4 is 11.8 Å². The normalized spacial score (nSPS) is 9.93. The highest BCUT2D eigenvalue weighted by atomic mass is 15.3. The Bertz CT molecular complexity index is 455. The molecule has 0 atom stereocenters. The van der Waals surface area contributed by atoms with Gasteiger partial charge in [0, 0.05) is 5.56 Å². The summed E-state index contributed by atoms with van der Waals surface area (Å²) in [5, 5.41) is 7.41. The molecule has 0 amide bonds. The van der Waals surface area contributed by atoms with E-state index in [1.807, 2.05) is 30.3 Å². The van der Waals surface area contributed by atoms with Crippen LogP contribution in [-0.4, -0.2) is 15.2 Å². The highest BCUT2D eigenvalue weighted by Gasteiger charge is 2.08. The van der Waals surface area contributed by atoms with E-state index in [2.05, 4.69) is 20.6 Å². The number of hydrazine groups is 1. The summed E-state index contributed by atoms with van der Waals surface area (Å²) in [6, 6.07) is 9.49. The van der Waals surface area contributed by atoms with E-state index in [0.29, 0.717) is 11.5 Å². The molecule has 1 aromatic heterocycles. The van der Waals surface area contributed by atoms with Gasteiger partial charge >= 0.3 is 0 Å². The minimum Gasteiger partial charge on any atom is -0.366 e. The van der Waals surface area contributed by atoms with Crippen molar-refractivity contribution in [1.29, 1.82) is 0 Å². The van der Waals surface area contributed by atoms with Gasteiger partial charge in [-0.15, -0.1) is 10.2 Å². The van der Waals surface area contributed by atoms with Gasteiger partial charge in [0.05, 0.1) is 0 Å². The van der Waals surface area contributed by atoms with Crippen LogP contribution in [0.1, 0.15) is 0 Å². The van der Waals surface area contributed by atoms with Crippen molar-refractivity contribution in [3.63, 3.8) is 0 Å². The van der Waals surface area contributed by atoms with Crippen LogP contribution in [-0.2, 0) is 0 Å². The Morgan fingerprint density at radius 2 is 1.80 bits per heavy atom. The fraction of sp³-hybridized carbons (Fsp3) is 0. The Morgan fingerprint density at radius 3 is 2.47 bits per heavy atom. The van der Waals surface area contributed by atoms with Crippen LogP contribution in [0.4, 0.5) is 11.8 Å². The summed E-state index contributed by atoms with van der Waals surface area (Å²) < 4.78 is 0. The van der Waals surface area contributed by atoms with Crippen LogP contribution >= 0.6 is 0 Å². The average molecular weight is 202 g/mol. The van der Waals surface area contributed by atoms with Crippen molar-refractivity contribution in [2.45, 2.75) is 0 Å². The third-order valence-electron chi connectivity index (χ3n) is 1.89. The van der Waals surface area contributed by atoms with Gasteiger partial charge in [0.1, 0.15) is 5.69 Å². The SMILES string of the molecule is NNc1nnc(N)nc1-c1ccccc1. The average Bonchev–Trinajstić information content (AvgIpc) is 2.30. The number of anilines is 2. The van der Waals surface area contributed by atoms with Crippen LogP contribution < -0.4 is 17.0 Å². The molecule has 0 fully saturated rings. The molecule has 0 aliphatic heterocycles. The molecule has 2 rings (SSSR count). The molecule has 0 saturated heterocycles. The molecule has 0 radical (unpaired) electrons. The predicted octanol–water partition coefficient (Wildman–Crippen LogP) is 0.406. The number of nitrogens with one attached hydrogen (secondary N) is 1. The maximum absolute atomic E-state index is 5.47. The minimum atomic E-state index is 0.118. The van der Waals surface area contributed by atoms with E-state index in [-0.39, 0.29) is 5.95 Å². The number of aromatic nitrogens is 3. The smallest absolute Gasteiger partial charge is 0.240 e. The van der Waals surface area contributed by atoms with E-state index >= 15 is 0 Å². The Kier molecular flexibility index (Phi) is 2.42. The van der Waals surface area contributed by atoms with Crippen LogP contribution in [0, 0.1) is 0 Å². The highest BCUT2D eigenvalue weighted by molar-refractivity contribution is 5.71. The van der Waals surface area contributed by atoms with Gasteiger partial charge in [-0.3, -0.25) is 0 Å². The number of hydrogen-bond donors (Lipinski definition) is 3. The maximum Gasteiger partial charge on any atom is 0.240 e. The van der Waals surface area contributed by atoms with E-state index in [0.717, 1.165) is 5.56 Å². The molecular weight excluding hydrogens is 192 g/mol. The van der Waals surface area contributed by atoms with Crippen LogP contribution in [0.25, 0.3) is 11.3 Å². The number of nitrogens with two attached hydrogens (primary N) is 2. The minimum absolute atomic E-state index is 0.118. The quantitative estimate of drug-likeness (QED) is 0.481. The largest absolute Gasteiger partial charge is 0.366 e. The monoisotopic (exact) mass is 202 g/mol. The topological polar surface area (TPSA) is 103 Å². The van der Waals surface area contributed by atoms with Gasteiger partial charge in [0.15, 0.2) is 5.82 Å². The fourth-order valence-electron chi connectivity index (χ4n) is 1.23. The van der Waals surface area contributed by atoms with Gasteiger partial charge in [-0.1, -0.05) is 30.3 Å². The molecule has 6 heteroatoms. The Balaban J connectivity index is 2.56. The van der Waals surface area contributed by atoms with Gasteiger partial charge in [-0.2, -0.15) is 0 Å². The zero-order valence-corrected chi connectivity index (χ0v) is 7.88. The molecule has 1 aromatic carbocycles. The number of hydrogen-bond acceptors (Lipinski definition) is 6. The summed E-state index contributed by atoms with van der Waals surface area (Å²) in [7, 11) is 0. The van der Waals surface area contributed by atoms with Crippen molar-refractivity contribution in [2.24, 2.45) is 5.84 Å². The van der Waals surface area contributed by atoms with Crippen molar-refractivity contribution in [1.82, 2.24) is 15.2 Å². The molecule has 0 aliphatic carbocycles. The number of nitrogens with zero attached hydrogens (tertiary/aromatic N) is 3. The standard InChI is InChI=1S/C9H10N6/c10-9-12-7(8(13-11)14-15-9)6-4-2-1-3-5-6/h1-5H,11H2,(H,13,14)(H2,10,12,15). The van der Waals surface area contributed by atoms with E-state index < -0.39 is 0 Å². The molecule has 76 valence electrons. The van der Waals surface area contributed by atoms with Gasteiger partial charge in [0.25, 0.3) is 0 Å². The molecule has 5 N–H and O–H groups in total. The van der Waals surface area contributed by atoms with Crippen molar-refractivity contribution in [2.75, 3.05) is 11.2 Å². The molecule has 1 heterocycles. The Morgan fingerprint density at radius 1 is 1.07 bits per heavy atom. The molecule has 6 nitrogen and oxygen atoms in total. The Labute approximate surface area is 86.3 Å². The molecule has 15 heavy (non-hydrogen) atoms. The summed E-state index contributed by atoms with van der Waals surface area (Å²) in [5.74, 6) is 5.82. The fourth-order valence-corrected chi connectivity index (χ4v) is 1.23. The van der Waals surface area contributed by atoms with Gasteiger partial charge < -0.3 is 11.2 Å². The van der Waals surface area contributed by atoms with E-state index in [1.165, 1.54) is 0 Å². The maximum atomic E-state index is 5.47. The van der Waals surface area contributed by atoms with Crippen LogP contribution in [0.15, 0.2) is 30.3 Å². The Hall–Kier alpha value is -2.21. The zero-order chi connectivity index (χ0) is 10.7. The summed E-state index contributed by atoms with van der Waals surface area (Å²) in [4.78, 5) is 4.08. The molecule has 0 spiro atoms. The van der Waals surface area contributed by atoms with Gasteiger partial charge in [-0.25, -0.2) is 10.8 Å². The third kappa shape index (κ3) is 1.84. The lowest BCUT2D eigenvalue weighted by Gasteiger charge is -2.05. The summed E-state index contributed by atoms with van der Waals surface area (Å²) in [6.45, 7) is 0. The molecule has 0 saturated carbocycles. The van der Waals surface area contributed by atoms with Crippen molar-refractivity contribution in [3.05, 3.63) is 30.3 Å². The number of nitrogen functional groups attached to an aromatic ring is 2. The third-order valence-corrected chi connectivity index (χ3v) is 1.89. The summed E-state index contributed by atoms with van der Waals surface area (Å²) in [5.41, 5.74) is 9.37. The zero-order valence-electron chi connectivity index (χ0n) is 7.88. The van der Waals surface area contributed by atoms with Crippen LogP contribution in [0.3, 0.4) is 0 Å². The second-order valence-electron chi connectivity index (χ2n) is 2.88. The molecule has 0 unspecified atom stereocenters. The lowest BCUT2D eigenvalue weighted by atomic mass is 10.1. The predicted molar refractivity (Wildman–Crippen MR) is 57.5 cm³/mol. The highest BCUT2D eigenvalue weighted by Crippen LogP contribution is 2.22. The first-order valence-corrected chi connectivity index (χ1v) is 4.33. The van der Waals surface area contributed by atoms with E-state index in [9.17, 15) is 0 Å². The van der Waals surface area contributed by atoms with E-state index in [1.54, 1.807) is 0 Å². The van der Waals surface area contributed by atoms with Gasteiger partial charge in [0.2, 0.25) is 5.95 Å². The van der Waals surface area contributed by atoms with Crippen molar-refractivity contribution < 1.29 is 0 Å². The number of benzene rings is 1. The molecular formula is C9H10N6. The van der Waals surface area contributed by atoms with Crippen LogP contribution in [0.2, 0.25) is 0 Å². The molecule has 0 aliphatic rings.